The van der Waals surface area contributed by atoms with E-state index in [4.69, 9.17) is 16.0 Å². The number of aromatic nitrogens is 1. The first-order valence-electron chi connectivity index (χ1n) is 6.79. The zero-order chi connectivity index (χ0) is 14.4. The molecule has 4 rings (SSSR count). The Hall–Kier alpha value is -1.91. The summed E-state index contributed by atoms with van der Waals surface area (Å²) in [5, 5.41) is 3.58. The lowest BCUT2D eigenvalue weighted by atomic mass is 9.98. The van der Waals surface area contributed by atoms with Crippen LogP contribution in [0.3, 0.4) is 0 Å². The van der Waals surface area contributed by atoms with E-state index in [1.165, 1.54) is 23.3 Å². The van der Waals surface area contributed by atoms with Gasteiger partial charge in [0.15, 0.2) is 5.58 Å². The molecule has 0 spiro atoms. The number of nitrogens with one attached hydrogen (secondary N) is 1. The van der Waals surface area contributed by atoms with Crippen LogP contribution in [0, 0.1) is 5.82 Å². The number of oxazole rings is 1. The van der Waals surface area contributed by atoms with Crippen molar-refractivity contribution in [2.45, 2.75) is 13.0 Å². The van der Waals surface area contributed by atoms with Crippen molar-refractivity contribution in [3.63, 3.8) is 0 Å². The standard InChI is InChI=1S/C16H12ClFN2O/c17-13-6-12(18)7-14-15(13)21-16(20-14)10-2-1-9-3-4-19-8-11(9)5-10/h1-2,5-7,19H,3-4,8H2. The van der Waals surface area contributed by atoms with Crippen molar-refractivity contribution in [2.75, 3.05) is 6.54 Å². The van der Waals surface area contributed by atoms with Crippen LogP contribution in [-0.2, 0) is 13.0 Å². The van der Waals surface area contributed by atoms with E-state index in [0.29, 0.717) is 17.0 Å². The summed E-state index contributed by atoms with van der Waals surface area (Å²) in [4.78, 5) is 4.34. The van der Waals surface area contributed by atoms with Gasteiger partial charge in [-0.1, -0.05) is 17.7 Å². The van der Waals surface area contributed by atoms with Gasteiger partial charge < -0.3 is 9.73 Å². The number of fused-ring (bicyclic) bond motifs is 2. The quantitative estimate of drug-likeness (QED) is 0.740. The number of rotatable bonds is 1. The van der Waals surface area contributed by atoms with E-state index in [1.807, 2.05) is 6.07 Å². The Morgan fingerprint density at radius 3 is 3.00 bits per heavy atom. The third-order valence-corrected chi connectivity index (χ3v) is 4.03. The second kappa shape index (κ2) is 4.83. The highest BCUT2D eigenvalue weighted by atomic mass is 35.5. The normalized spacial score (nSPS) is 14.4. The molecular formula is C16H12ClFN2O. The van der Waals surface area contributed by atoms with Crippen molar-refractivity contribution in [1.29, 1.82) is 0 Å². The molecular weight excluding hydrogens is 291 g/mol. The van der Waals surface area contributed by atoms with E-state index in [9.17, 15) is 4.39 Å². The van der Waals surface area contributed by atoms with Crippen LogP contribution < -0.4 is 5.32 Å². The predicted molar refractivity (Wildman–Crippen MR) is 79.8 cm³/mol. The highest BCUT2D eigenvalue weighted by Crippen LogP contribution is 2.31. The number of halogens is 2. The van der Waals surface area contributed by atoms with Crippen LogP contribution in [0.25, 0.3) is 22.6 Å². The minimum Gasteiger partial charge on any atom is -0.435 e. The van der Waals surface area contributed by atoms with Gasteiger partial charge in [0, 0.05) is 18.2 Å². The summed E-state index contributed by atoms with van der Waals surface area (Å²) in [5.74, 6) is 0.0489. The first kappa shape index (κ1) is 12.8. The molecule has 1 aromatic heterocycles. The summed E-state index contributed by atoms with van der Waals surface area (Å²) >= 11 is 5.99. The molecule has 0 radical (unpaired) electrons. The lowest BCUT2D eigenvalue weighted by Crippen LogP contribution is -2.23. The molecule has 0 atom stereocenters. The zero-order valence-corrected chi connectivity index (χ0v) is 11.9. The molecule has 5 heteroatoms. The van der Waals surface area contributed by atoms with Crippen molar-refractivity contribution in [2.24, 2.45) is 0 Å². The van der Waals surface area contributed by atoms with Crippen molar-refractivity contribution < 1.29 is 8.81 Å². The average Bonchev–Trinajstić information content (AvgIpc) is 2.91. The summed E-state index contributed by atoms with van der Waals surface area (Å²) in [7, 11) is 0. The van der Waals surface area contributed by atoms with Crippen molar-refractivity contribution in [1.82, 2.24) is 10.3 Å². The number of hydrogen-bond donors (Lipinski definition) is 1. The third-order valence-electron chi connectivity index (χ3n) is 3.75. The number of nitrogens with zero attached hydrogens (tertiary/aromatic N) is 1. The molecule has 0 bridgehead atoms. The Bertz CT molecular complexity index is 844. The molecule has 3 aromatic rings. The van der Waals surface area contributed by atoms with Crippen LogP contribution in [-0.4, -0.2) is 11.5 Å². The summed E-state index contributed by atoms with van der Waals surface area (Å²) in [5.41, 5.74) is 4.33. The first-order valence-corrected chi connectivity index (χ1v) is 7.17. The van der Waals surface area contributed by atoms with Crippen molar-refractivity contribution in [3.8, 4) is 11.5 Å². The molecule has 0 saturated carbocycles. The summed E-state index contributed by atoms with van der Waals surface area (Å²) in [6.07, 6.45) is 1.03. The van der Waals surface area contributed by atoms with Gasteiger partial charge in [-0.2, -0.15) is 0 Å². The van der Waals surface area contributed by atoms with E-state index in [1.54, 1.807) is 0 Å². The summed E-state index contributed by atoms with van der Waals surface area (Å²) < 4.78 is 19.1. The van der Waals surface area contributed by atoms with Crippen LogP contribution in [0.2, 0.25) is 5.02 Å². The van der Waals surface area contributed by atoms with Crippen LogP contribution in [0.4, 0.5) is 4.39 Å². The van der Waals surface area contributed by atoms with Gasteiger partial charge in [0.2, 0.25) is 5.89 Å². The fourth-order valence-corrected chi connectivity index (χ4v) is 2.94. The molecule has 0 unspecified atom stereocenters. The molecule has 2 aromatic carbocycles. The molecule has 2 heterocycles. The Kier molecular flexibility index (Phi) is 2.94. The SMILES string of the molecule is Fc1cc(Cl)c2oc(-c3ccc4c(c3)CNCC4)nc2c1. The van der Waals surface area contributed by atoms with Crippen molar-refractivity contribution >= 4 is 22.7 Å². The molecule has 21 heavy (non-hydrogen) atoms. The van der Waals surface area contributed by atoms with Crippen LogP contribution in [0.1, 0.15) is 11.1 Å². The second-order valence-corrected chi connectivity index (χ2v) is 5.57. The molecule has 1 aliphatic heterocycles. The van der Waals surface area contributed by atoms with Crippen LogP contribution in [0.15, 0.2) is 34.7 Å². The topological polar surface area (TPSA) is 38.1 Å². The Morgan fingerprint density at radius 1 is 1.19 bits per heavy atom. The fraction of sp³-hybridized carbons (Fsp3) is 0.188. The fourth-order valence-electron chi connectivity index (χ4n) is 2.70. The molecule has 3 nitrogen and oxygen atoms in total. The Labute approximate surface area is 125 Å². The van der Waals surface area contributed by atoms with E-state index >= 15 is 0 Å². The zero-order valence-electron chi connectivity index (χ0n) is 11.1. The van der Waals surface area contributed by atoms with E-state index in [-0.39, 0.29) is 5.02 Å². The van der Waals surface area contributed by atoms with Gasteiger partial charge in [0.1, 0.15) is 11.3 Å². The van der Waals surface area contributed by atoms with Gasteiger partial charge in [0.25, 0.3) is 0 Å². The lowest BCUT2D eigenvalue weighted by molar-refractivity contribution is 0.613. The van der Waals surface area contributed by atoms with E-state index in [0.717, 1.165) is 25.1 Å². The molecule has 106 valence electrons. The number of hydrogen-bond acceptors (Lipinski definition) is 3. The summed E-state index contributed by atoms with van der Waals surface area (Å²) in [6.45, 7) is 1.85. The maximum Gasteiger partial charge on any atom is 0.227 e. The third kappa shape index (κ3) is 2.20. The summed E-state index contributed by atoms with van der Waals surface area (Å²) in [6, 6.07) is 8.71. The maximum absolute atomic E-state index is 13.4. The molecule has 0 saturated heterocycles. The average molecular weight is 303 g/mol. The number of benzene rings is 2. The Balaban J connectivity index is 1.84. The van der Waals surface area contributed by atoms with Gasteiger partial charge >= 0.3 is 0 Å². The predicted octanol–water partition coefficient (Wildman–Crippen LogP) is 3.93. The molecule has 1 aliphatic rings. The molecule has 0 amide bonds. The monoisotopic (exact) mass is 302 g/mol. The van der Waals surface area contributed by atoms with Crippen LogP contribution >= 0.6 is 11.6 Å². The largest absolute Gasteiger partial charge is 0.435 e. The minimum absolute atomic E-state index is 0.239. The van der Waals surface area contributed by atoms with Crippen LogP contribution in [0.5, 0.6) is 0 Å². The molecule has 0 fully saturated rings. The smallest absolute Gasteiger partial charge is 0.227 e. The first-order chi connectivity index (χ1) is 10.2. The molecule has 1 N–H and O–H groups in total. The minimum atomic E-state index is -0.415. The van der Waals surface area contributed by atoms with Crippen molar-refractivity contribution in [3.05, 3.63) is 52.3 Å². The van der Waals surface area contributed by atoms with Gasteiger partial charge in [-0.15, -0.1) is 0 Å². The Morgan fingerprint density at radius 2 is 2.10 bits per heavy atom. The van der Waals surface area contributed by atoms with Gasteiger partial charge in [-0.25, -0.2) is 9.37 Å². The van der Waals surface area contributed by atoms with E-state index in [2.05, 4.69) is 22.4 Å². The highest BCUT2D eigenvalue weighted by molar-refractivity contribution is 6.34. The molecule has 0 aliphatic carbocycles. The lowest BCUT2D eigenvalue weighted by Gasteiger charge is -2.17. The second-order valence-electron chi connectivity index (χ2n) is 5.17. The highest BCUT2D eigenvalue weighted by Gasteiger charge is 2.15. The van der Waals surface area contributed by atoms with E-state index < -0.39 is 5.82 Å². The van der Waals surface area contributed by atoms with Gasteiger partial charge in [-0.05, 0) is 42.3 Å². The van der Waals surface area contributed by atoms with Gasteiger partial charge in [-0.3, -0.25) is 0 Å². The maximum atomic E-state index is 13.4. The van der Waals surface area contributed by atoms with Gasteiger partial charge in [0.05, 0.1) is 5.02 Å².